The van der Waals surface area contributed by atoms with Crippen molar-refractivity contribution in [1.82, 2.24) is 4.98 Å². The summed E-state index contributed by atoms with van der Waals surface area (Å²) < 4.78 is 0. The summed E-state index contributed by atoms with van der Waals surface area (Å²) in [5.41, 5.74) is 1.73. The predicted octanol–water partition coefficient (Wildman–Crippen LogP) is 3.36. The Hall–Kier alpha value is -2.21. The van der Waals surface area contributed by atoms with Gasteiger partial charge in [-0.1, -0.05) is 0 Å². The van der Waals surface area contributed by atoms with Gasteiger partial charge < -0.3 is 10.6 Å². The number of rotatable bonds is 4. The predicted molar refractivity (Wildman–Crippen MR) is 87.3 cm³/mol. The number of aryl methyl sites for hydroxylation is 2. The van der Waals surface area contributed by atoms with E-state index in [2.05, 4.69) is 15.6 Å². The molecule has 2 heterocycles. The van der Waals surface area contributed by atoms with E-state index in [1.54, 1.807) is 18.3 Å². The first kappa shape index (κ1) is 14.7. The van der Waals surface area contributed by atoms with Crippen molar-refractivity contribution in [2.24, 2.45) is 5.92 Å². The van der Waals surface area contributed by atoms with Crippen LogP contribution in [-0.4, -0.2) is 16.8 Å². The van der Waals surface area contributed by atoms with Gasteiger partial charge in [0.2, 0.25) is 5.91 Å². The first-order valence-electron chi connectivity index (χ1n) is 7.18. The van der Waals surface area contributed by atoms with Gasteiger partial charge in [-0.05, 0) is 50.5 Å². The van der Waals surface area contributed by atoms with Crippen LogP contribution in [0.5, 0.6) is 0 Å². The number of amides is 2. The third-order valence-electron chi connectivity index (χ3n) is 3.61. The average molecular weight is 315 g/mol. The normalized spacial score (nSPS) is 13.7. The smallest absolute Gasteiger partial charge is 0.265 e. The van der Waals surface area contributed by atoms with E-state index >= 15 is 0 Å². The maximum absolute atomic E-state index is 12.1. The molecule has 1 saturated carbocycles. The molecule has 2 aromatic heterocycles. The Morgan fingerprint density at radius 1 is 1.23 bits per heavy atom. The number of thiophene rings is 1. The fourth-order valence-corrected chi connectivity index (χ4v) is 2.92. The van der Waals surface area contributed by atoms with Gasteiger partial charge in [0, 0.05) is 10.8 Å². The molecule has 0 aliphatic heterocycles. The molecule has 2 N–H and O–H groups in total. The van der Waals surface area contributed by atoms with E-state index in [0.29, 0.717) is 16.4 Å². The lowest BCUT2D eigenvalue weighted by Gasteiger charge is -2.06. The molecule has 1 aliphatic rings. The highest BCUT2D eigenvalue weighted by atomic mass is 32.1. The van der Waals surface area contributed by atoms with Gasteiger partial charge in [-0.3, -0.25) is 9.59 Å². The van der Waals surface area contributed by atoms with Gasteiger partial charge in [0.1, 0.15) is 5.82 Å². The van der Waals surface area contributed by atoms with Gasteiger partial charge >= 0.3 is 0 Å². The maximum atomic E-state index is 12.1. The number of carbonyl (C=O) groups excluding carboxylic acids is 2. The largest absolute Gasteiger partial charge is 0.320 e. The quantitative estimate of drug-likeness (QED) is 0.909. The van der Waals surface area contributed by atoms with Crippen LogP contribution in [0.1, 0.15) is 33.0 Å². The molecule has 22 heavy (non-hydrogen) atoms. The van der Waals surface area contributed by atoms with Gasteiger partial charge in [0.15, 0.2) is 0 Å². The zero-order valence-electron chi connectivity index (χ0n) is 12.5. The van der Waals surface area contributed by atoms with E-state index < -0.39 is 0 Å². The van der Waals surface area contributed by atoms with Gasteiger partial charge in [-0.2, -0.15) is 0 Å². The highest BCUT2D eigenvalue weighted by Crippen LogP contribution is 2.30. The second kappa shape index (κ2) is 5.88. The van der Waals surface area contributed by atoms with Crippen LogP contribution in [0.15, 0.2) is 24.4 Å². The molecule has 0 atom stereocenters. The van der Waals surface area contributed by atoms with Crippen LogP contribution in [0.2, 0.25) is 0 Å². The van der Waals surface area contributed by atoms with Crippen molar-refractivity contribution in [3.05, 3.63) is 39.7 Å². The molecule has 1 fully saturated rings. The molecule has 0 aromatic carbocycles. The topological polar surface area (TPSA) is 71.1 Å². The average Bonchev–Trinajstić information content (AvgIpc) is 3.28. The van der Waals surface area contributed by atoms with Crippen LogP contribution in [0.25, 0.3) is 0 Å². The first-order valence-corrected chi connectivity index (χ1v) is 8.00. The summed E-state index contributed by atoms with van der Waals surface area (Å²) in [5.74, 6) is 0.538. The Kier molecular flexibility index (Phi) is 3.94. The van der Waals surface area contributed by atoms with Crippen LogP contribution < -0.4 is 10.6 Å². The molecule has 0 saturated heterocycles. The molecule has 2 aromatic rings. The van der Waals surface area contributed by atoms with E-state index in [4.69, 9.17) is 0 Å². The SMILES string of the molecule is Cc1cc(C(=O)Nc2ccc(NC(=O)C3CC3)nc2)sc1C. The standard InChI is InChI=1S/C16H17N3O2S/c1-9-7-13(22-10(9)2)16(21)18-12-5-6-14(17-8-12)19-15(20)11-3-4-11/h5-8,11H,3-4H2,1-2H3,(H,18,21)(H,17,19,20). The van der Waals surface area contributed by atoms with Crippen LogP contribution in [0.3, 0.4) is 0 Å². The maximum Gasteiger partial charge on any atom is 0.265 e. The van der Waals surface area contributed by atoms with Crippen molar-refractivity contribution in [3.8, 4) is 0 Å². The highest BCUT2D eigenvalue weighted by molar-refractivity contribution is 7.14. The van der Waals surface area contributed by atoms with Crippen molar-refractivity contribution in [3.63, 3.8) is 0 Å². The van der Waals surface area contributed by atoms with E-state index in [9.17, 15) is 9.59 Å². The number of aromatic nitrogens is 1. The Bertz CT molecular complexity index is 698. The lowest BCUT2D eigenvalue weighted by atomic mass is 10.3. The van der Waals surface area contributed by atoms with Crippen LogP contribution in [0, 0.1) is 19.8 Å². The van der Waals surface area contributed by atoms with Crippen molar-refractivity contribution in [2.45, 2.75) is 26.7 Å². The number of nitrogens with one attached hydrogen (secondary N) is 2. The van der Waals surface area contributed by atoms with Crippen molar-refractivity contribution in [2.75, 3.05) is 10.6 Å². The number of anilines is 2. The van der Waals surface area contributed by atoms with Gasteiger partial charge in [-0.25, -0.2) is 4.98 Å². The van der Waals surface area contributed by atoms with Gasteiger partial charge in [-0.15, -0.1) is 11.3 Å². The minimum Gasteiger partial charge on any atom is -0.320 e. The zero-order valence-corrected chi connectivity index (χ0v) is 13.3. The fourth-order valence-electron chi connectivity index (χ4n) is 1.99. The fraction of sp³-hybridized carbons (Fsp3) is 0.312. The van der Waals surface area contributed by atoms with Gasteiger partial charge in [0.05, 0.1) is 16.8 Å². The molecule has 0 bridgehead atoms. The van der Waals surface area contributed by atoms with E-state index in [0.717, 1.165) is 23.3 Å². The molecular weight excluding hydrogens is 298 g/mol. The summed E-state index contributed by atoms with van der Waals surface area (Å²) in [6.07, 6.45) is 3.47. The summed E-state index contributed by atoms with van der Waals surface area (Å²) in [4.78, 5) is 29.8. The van der Waals surface area contributed by atoms with E-state index in [1.165, 1.54) is 11.3 Å². The second-order valence-electron chi connectivity index (χ2n) is 5.50. The van der Waals surface area contributed by atoms with Crippen LogP contribution >= 0.6 is 11.3 Å². The van der Waals surface area contributed by atoms with Crippen molar-refractivity contribution in [1.29, 1.82) is 0 Å². The minimum absolute atomic E-state index is 0.0221. The molecule has 5 nitrogen and oxygen atoms in total. The summed E-state index contributed by atoms with van der Waals surface area (Å²) in [6, 6.07) is 5.31. The molecule has 0 spiro atoms. The van der Waals surface area contributed by atoms with Crippen molar-refractivity contribution >= 4 is 34.7 Å². The van der Waals surface area contributed by atoms with E-state index in [-0.39, 0.29) is 17.7 Å². The molecule has 2 amide bonds. The Labute approximate surface area is 132 Å². The second-order valence-corrected chi connectivity index (χ2v) is 6.76. The molecule has 0 unspecified atom stereocenters. The van der Waals surface area contributed by atoms with Crippen LogP contribution in [-0.2, 0) is 4.79 Å². The molecule has 1 aliphatic carbocycles. The molecule has 3 rings (SSSR count). The number of carbonyl (C=O) groups is 2. The monoisotopic (exact) mass is 315 g/mol. The third-order valence-corrected chi connectivity index (χ3v) is 4.76. The zero-order chi connectivity index (χ0) is 15.7. The first-order chi connectivity index (χ1) is 10.5. The lowest BCUT2D eigenvalue weighted by Crippen LogP contribution is -2.15. The Balaban J connectivity index is 1.62. The molecule has 6 heteroatoms. The number of pyridine rings is 1. The number of nitrogens with zero attached hydrogens (tertiary/aromatic N) is 1. The Morgan fingerprint density at radius 3 is 2.55 bits per heavy atom. The van der Waals surface area contributed by atoms with Crippen molar-refractivity contribution < 1.29 is 9.59 Å². The summed E-state index contributed by atoms with van der Waals surface area (Å²) >= 11 is 1.47. The molecular formula is C16H17N3O2S. The number of hydrogen-bond donors (Lipinski definition) is 2. The summed E-state index contributed by atoms with van der Waals surface area (Å²) in [7, 11) is 0. The third kappa shape index (κ3) is 3.33. The lowest BCUT2D eigenvalue weighted by molar-refractivity contribution is -0.117. The Morgan fingerprint density at radius 2 is 2.00 bits per heavy atom. The summed E-state index contributed by atoms with van der Waals surface area (Å²) in [6.45, 7) is 3.98. The highest BCUT2D eigenvalue weighted by Gasteiger charge is 2.29. The molecule has 114 valence electrons. The summed E-state index contributed by atoms with van der Waals surface area (Å²) in [5, 5.41) is 5.58. The minimum atomic E-state index is -0.141. The van der Waals surface area contributed by atoms with Crippen LogP contribution in [0.4, 0.5) is 11.5 Å². The molecule has 0 radical (unpaired) electrons. The number of hydrogen-bond acceptors (Lipinski definition) is 4. The van der Waals surface area contributed by atoms with E-state index in [1.807, 2.05) is 19.9 Å². The van der Waals surface area contributed by atoms with Gasteiger partial charge in [0.25, 0.3) is 5.91 Å².